The summed E-state index contributed by atoms with van der Waals surface area (Å²) in [5.74, 6) is 1.22. The minimum Gasteiger partial charge on any atom is -0.510 e. The van der Waals surface area contributed by atoms with Gasteiger partial charge >= 0.3 is 0 Å². The summed E-state index contributed by atoms with van der Waals surface area (Å²) < 4.78 is 99.1. The van der Waals surface area contributed by atoms with Crippen molar-refractivity contribution >= 4 is 32.8 Å². The molecule has 11 rings (SSSR count). The van der Waals surface area contributed by atoms with Gasteiger partial charge in [-0.25, -0.2) is 9.97 Å². The molecule has 0 atom stereocenters. The Morgan fingerprint density at radius 3 is 2.00 bits per heavy atom. The first kappa shape index (κ1) is 30.6. The van der Waals surface area contributed by atoms with E-state index in [-0.39, 0.29) is 53.8 Å². The van der Waals surface area contributed by atoms with Crippen molar-refractivity contribution in [1.82, 2.24) is 19.1 Å². The predicted octanol–water partition coefficient (Wildman–Crippen LogP) is 13.3. The van der Waals surface area contributed by atoms with Crippen molar-refractivity contribution in [3.05, 3.63) is 218 Å². The smallest absolute Gasteiger partial charge is 0.268 e. The minimum atomic E-state index is -0.576. The Kier molecular flexibility index (Phi) is 7.98. The first-order valence-corrected chi connectivity index (χ1v) is 20.4. The van der Waals surface area contributed by atoms with Crippen LogP contribution in [0.3, 0.4) is 0 Å². The molecule has 64 heavy (non-hydrogen) atoms. The van der Waals surface area contributed by atoms with Crippen molar-refractivity contribution in [2.75, 3.05) is 0 Å². The number of hydrogen-bond donors (Lipinski definition) is 0. The third kappa shape index (κ3) is 7.29. The average molecular weight is 928 g/mol. The third-order valence-corrected chi connectivity index (χ3v) is 10.9. The molecule has 8 aromatic carbocycles. The van der Waals surface area contributed by atoms with Gasteiger partial charge in [-0.05, 0) is 45.0 Å². The van der Waals surface area contributed by atoms with Gasteiger partial charge in [-0.15, -0.1) is 29.7 Å². The molecule has 0 N–H and O–H groups in total. The minimum absolute atomic E-state index is 0. The van der Waals surface area contributed by atoms with Crippen molar-refractivity contribution < 1.29 is 43.4 Å². The van der Waals surface area contributed by atoms with E-state index in [2.05, 4.69) is 63.5 Å². The first-order valence-electron chi connectivity index (χ1n) is 25.4. The molecule has 7 heteroatoms. The summed E-state index contributed by atoms with van der Waals surface area (Å²) in [5.41, 5.74) is 6.03. The molecule has 0 bridgehead atoms. The predicted molar refractivity (Wildman–Crippen MR) is 253 cm³/mol. The molecule has 0 unspecified atom stereocenters. The second kappa shape index (κ2) is 16.7. The van der Waals surface area contributed by atoms with Crippen LogP contribution in [0, 0.1) is 18.5 Å². The van der Waals surface area contributed by atoms with E-state index in [9.17, 15) is 0 Å². The molecule has 0 amide bonds. The van der Waals surface area contributed by atoms with E-state index in [1.807, 2.05) is 65.2 Å². The van der Waals surface area contributed by atoms with Crippen LogP contribution in [0.15, 0.2) is 194 Å². The molecule has 6 nitrogen and oxygen atoms in total. The van der Waals surface area contributed by atoms with Crippen LogP contribution in [0.4, 0.5) is 0 Å². The molecule has 11 aromatic rings. The Hall–Kier alpha value is -7.43. The summed E-state index contributed by atoms with van der Waals surface area (Å²) in [7, 11) is 0. The van der Waals surface area contributed by atoms with E-state index >= 15 is 0 Å². The summed E-state index contributed by atoms with van der Waals surface area (Å²) in [4.78, 5) is 9.92. The number of nitrogens with zero attached hydrogens (tertiary/aromatic N) is 5. The summed E-state index contributed by atoms with van der Waals surface area (Å²) in [5, 5.41) is 1.91. The molecular formula is C57H41N5OPd-2. The van der Waals surface area contributed by atoms with Crippen molar-refractivity contribution in [2.45, 2.75) is 26.2 Å². The van der Waals surface area contributed by atoms with Crippen LogP contribution in [0.25, 0.3) is 83.5 Å². The summed E-state index contributed by atoms with van der Waals surface area (Å²) in [6.45, 7) is 6.34. The topological polar surface area (TPSA) is 48.8 Å². The quantitative estimate of drug-likeness (QED) is 0.0867. The maximum absolute atomic E-state index is 9.03. The van der Waals surface area contributed by atoms with E-state index in [1.165, 1.54) is 0 Å². The summed E-state index contributed by atoms with van der Waals surface area (Å²) in [6, 6.07) is 41.2. The second-order valence-electron chi connectivity index (χ2n) is 15.9. The number of imidazole rings is 1. The number of hydrogen-bond acceptors (Lipinski definition) is 3. The number of para-hydroxylation sites is 4. The second-order valence-corrected chi connectivity index (χ2v) is 15.9. The van der Waals surface area contributed by atoms with Gasteiger partial charge in [0.05, 0.1) is 41.6 Å². The fourth-order valence-corrected chi connectivity index (χ4v) is 8.06. The Balaban J connectivity index is 0.00000626. The van der Waals surface area contributed by atoms with Gasteiger partial charge < -0.3 is 13.9 Å². The normalized spacial score (nSPS) is 13.7. The zero-order valence-corrected chi connectivity index (χ0v) is 36.2. The Morgan fingerprint density at radius 1 is 0.609 bits per heavy atom. The standard InChI is InChI=1S/C57H41N5O.Pd/c1-57(2,3)53-34-35-58-56(59-53)62-52-37-44(32-33-48(52)49-29-17-28-47(55(49)62)41-22-11-6-12-23-41)63-43-25-15-24-42(36-43)60-38-61(51-31-14-13-30-50(51)60)54-45(39-18-7-4-8-19-39)26-16-27-46(54)40-20-9-5-10-21-40;/h4-35H,1-3H3;/q-2;/i4D,5D,7D,8D,9D,10D,18D,19D,20D,21D;. The largest absolute Gasteiger partial charge is 0.510 e. The molecule has 0 spiro atoms. The molecule has 0 saturated carbocycles. The van der Waals surface area contributed by atoms with Crippen LogP contribution in [0.5, 0.6) is 11.5 Å². The Morgan fingerprint density at radius 2 is 1.27 bits per heavy atom. The molecule has 0 aliphatic rings. The molecule has 0 fully saturated rings. The molecule has 312 valence electrons. The van der Waals surface area contributed by atoms with Gasteiger partial charge in [-0.2, -0.15) is 18.2 Å². The van der Waals surface area contributed by atoms with E-state index in [4.69, 9.17) is 28.4 Å². The zero-order valence-electron chi connectivity index (χ0n) is 44.7. The fraction of sp³-hybridized carbons (Fsp3) is 0.0702. The van der Waals surface area contributed by atoms with Crippen molar-refractivity contribution in [2.24, 2.45) is 0 Å². The first-order chi connectivity index (χ1) is 35.0. The molecule has 0 aliphatic heterocycles. The molecule has 3 heterocycles. The van der Waals surface area contributed by atoms with E-state index in [1.54, 1.807) is 57.8 Å². The Bertz CT molecular complexity index is 3930. The molecular weight excluding hydrogens is 877 g/mol. The number of benzene rings is 8. The molecule has 0 aliphatic carbocycles. The SMILES string of the molecule is [2H]c1c([2H])c([2H])c(-c2cccc(-c3c([2H])c([2H])c([2H])c([2H])c3[2H])c2-[n+]2[c-]n(-c3[c-]c(Oc4[c-]c5c(cc4)c4cccc(-c6ccccc6)c4n5-c4nccc(C(C)(C)C)n4)ccc3)c3ccccc32)c([2H])c1[2H].[Pd]. The van der Waals surface area contributed by atoms with E-state index in [0.29, 0.717) is 39.7 Å². The summed E-state index contributed by atoms with van der Waals surface area (Å²) in [6.07, 6.45) is 5.19. The number of ether oxygens (including phenoxy) is 1. The van der Waals surface area contributed by atoms with Gasteiger partial charge in [0.2, 0.25) is 5.95 Å². The Labute approximate surface area is 400 Å². The van der Waals surface area contributed by atoms with E-state index < -0.39 is 60.4 Å². The third-order valence-electron chi connectivity index (χ3n) is 10.9. The van der Waals surface area contributed by atoms with Crippen molar-refractivity contribution in [3.63, 3.8) is 0 Å². The fourth-order valence-electron chi connectivity index (χ4n) is 8.06. The van der Waals surface area contributed by atoms with Gasteiger partial charge in [0.15, 0.2) is 0 Å². The van der Waals surface area contributed by atoms with Crippen LogP contribution >= 0.6 is 0 Å². The van der Waals surface area contributed by atoms with E-state index in [0.717, 1.165) is 33.1 Å². The molecule has 0 saturated heterocycles. The number of aromatic nitrogens is 5. The van der Waals surface area contributed by atoms with Gasteiger partial charge in [0.25, 0.3) is 6.33 Å². The van der Waals surface area contributed by atoms with Gasteiger partial charge in [-0.1, -0.05) is 178 Å². The molecule has 0 radical (unpaired) electrons. The summed E-state index contributed by atoms with van der Waals surface area (Å²) >= 11 is 0. The van der Waals surface area contributed by atoms with Crippen molar-refractivity contribution in [3.8, 4) is 62.2 Å². The van der Waals surface area contributed by atoms with Crippen LogP contribution in [-0.4, -0.2) is 19.1 Å². The monoisotopic (exact) mass is 927 g/mol. The maximum Gasteiger partial charge on any atom is 0.268 e. The average Bonchev–Trinajstić information content (AvgIpc) is 3.96. The van der Waals surface area contributed by atoms with Crippen LogP contribution < -0.4 is 9.30 Å². The molecule has 3 aromatic heterocycles. The van der Waals surface area contributed by atoms with Crippen LogP contribution in [-0.2, 0) is 25.8 Å². The van der Waals surface area contributed by atoms with Crippen LogP contribution in [0.2, 0.25) is 0 Å². The van der Waals surface area contributed by atoms with Crippen molar-refractivity contribution in [1.29, 1.82) is 0 Å². The van der Waals surface area contributed by atoms with Crippen LogP contribution in [0.1, 0.15) is 40.2 Å². The van der Waals surface area contributed by atoms with Gasteiger partial charge in [0.1, 0.15) is 0 Å². The van der Waals surface area contributed by atoms with Gasteiger partial charge in [0, 0.05) is 49.1 Å². The van der Waals surface area contributed by atoms with Gasteiger partial charge in [-0.3, -0.25) is 4.57 Å². The number of fused-ring (bicyclic) bond motifs is 4. The number of rotatable bonds is 8. The zero-order chi connectivity index (χ0) is 51.2. The maximum atomic E-state index is 9.03.